The van der Waals surface area contributed by atoms with Crippen LogP contribution in [0.25, 0.3) is 0 Å². The standard InChI is InChI=1S/C17H23NO3/c1-6-15(14-9-7-13(4)8-10-14)18(11-16(19)21-5)17(20)12(2)3/h6-10,12,15H,1,11H2,2-5H3. The van der Waals surface area contributed by atoms with E-state index < -0.39 is 5.97 Å². The minimum Gasteiger partial charge on any atom is -0.468 e. The van der Waals surface area contributed by atoms with E-state index in [2.05, 4.69) is 6.58 Å². The summed E-state index contributed by atoms with van der Waals surface area (Å²) in [7, 11) is 1.31. The number of amides is 1. The van der Waals surface area contributed by atoms with E-state index in [9.17, 15) is 9.59 Å². The van der Waals surface area contributed by atoms with E-state index in [1.165, 1.54) is 12.0 Å². The third-order valence-electron chi connectivity index (χ3n) is 3.28. The summed E-state index contributed by atoms with van der Waals surface area (Å²) >= 11 is 0. The largest absolute Gasteiger partial charge is 0.468 e. The summed E-state index contributed by atoms with van der Waals surface area (Å²) in [5.41, 5.74) is 2.06. The van der Waals surface area contributed by atoms with Gasteiger partial charge in [0.1, 0.15) is 6.54 Å². The van der Waals surface area contributed by atoms with Crippen LogP contribution in [0.3, 0.4) is 0 Å². The lowest BCUT2D eigenvalue weighted by Gasteiger charge is -2.30. The lowest BCUT2D eigenvalue weighted by Crippen LogP contribution is -2.40. The zero-order valence-electron chi connectivity index (χ0n) is 13.1. The molecule has 4 nitrogen and oxygen atoms in total. The lowest BCUT2D eigenvalue weighted by molar-refractivity contribution is -0.149. The molecule has 1 atom stereocenters. The van der Waals surface area contributed by atoms with Gasteiger partial charge in [-0.05, 0) is 12.5 Å². The van der Waals surface area contributed by atoms with E-state index >= 15 is 0 Å². The highest BCUT2D eigenvalue weighted by atomic mass is 16.5. The van der Waals surface area contributed by atoms with Gasteiger partial charge in [-0.15, -0.1) is 6.58 Å². The number of hydrogen-bond acceptors (Lipinski definition) is 3. The number of nitrogens with zero attached hydrogens (tertiary/aromatic N) is 1. The Hall–Kier alpha value is -2.10. The van der Waals surface area contributed by atoms with Crippen molar-refractivity contribution in [3.05, 3.63) is 48.0 Å². The van der Waals surface area contributed by atoms with Crippen molar-refractivity contribution in [2.45, 2.75) is 26.8 Å². The minimum atomic E-state index is -0.442. The molecule has 0 bridgehead atoms. The maximum absolute atomic E-state index is 12.4. The fourth-order valence-electron chi connectivity index (χ4n) is 2.06. The van der Waals surface area contributed by atoms with E-state index in [1.807, 2.05) is 45.0 Å². The number of methoxy groups -OCH3 is 1. The fraction of sp³-hybridized carbons (Fsp3) is 0.412. The SMILES string of the molecule is C=CC(c1ccc(C)cc1)N(CC(=O)OC)C(=O)C(C)C. The van der Waals surface area contributed by atoms with Crippen LogP contribution >= 0.6 is 0 Å². The highest BCUT2D eigenvalue weighted by molar-refractivity contribution is 5.83. The van der Waals surface area contributed by atoms with E-state index in [0.29, 0.717) is 0 Å². The van der Waals surface area contributed by atoms with Crippen LogP contribution in [-0.2, 0) is 14.3 Å². The van der Waals surface area contributed by atoms with Gasteiger partial charge < -0.3 is 9.64 Å². The number of benzene rings is 1. The van der Waals surface area contributed by atoms with Gasteiger partial charge in [-0.3, -0.25) is 9.59 Å². The topological polar surface area (TPSA) is 46.6 Å². The molecule has 1 unspecified atom stereocenters. The first-order valence-electron chi connectivity index (χ1n) is 6.97. The molecule has 0 radical (unpaired) electrons. The van der Waals surface area contributed by atoms with Crippen LogP contribution in [0.2, 0.25) is 0 Å². The van der Waals surface area contributed by atoms with Gasteiger partial charge in [0.15, 0.2) is 0 Å². The molecule has 21 heavy (non-hydrogen) atoms. The summed E-state index contributed by atoms with van der Waals surface area (Å²) < 4.78 is 4.69. The van der Waals surface area contributed by atoms with Crippen molar-refractivity contribution in [2.24, 2.45) is 5.92 Å². The Kier molecular flexibility index (Phi) is 6.15. The van der Waals surface area contributed by atoms with Gasteiger partial charge in [0.25, 0.3) is 0 Å². The molecular weight excluding hydrogens is 266 g/mol. The molecule has 114 valence electrons. The monoisotopic (exact) mass is 289 g/mol. The molecule has 0 heterocycles. The van der Waals surface area contributed by atoms with Gasteiger partial charge >= 0.3 is 5.97 Å². The summed E-state index contributed by atoms with van der Waals surface area (Å²) in [4.78, 5) is 25.5. The lowest BCUT2D eigenvalue weighted by atomic mass is 10.0. The second-order valence-electron chi connectivity index (χ2n) is 5.29. The molecule has 1 aromatic carbocycles. The Bertz CT molecular complexity index is 505. The minimum absolute atomic E-state index is 0.0852. The summed E-state index contributed by atoms with van der Waals surface area (Å²) in [6, 6.07) is 7.49. The first-order valence-corrected chi connectivity index (χ1v) is 6.97. The highest BCUT2D eigenvalue weighted by Crippen LogP contribution is 2.24. The van der Waals surface area contributed by atoms with E-state index in [4.69, 9.17) is 4.74 Å². The number of aryl methyl sites for hydroxylation is 1. The Morgan fingerprint density at radius 2 is 1.86 bits per heavy atom. The van der Waals surface area contributed by atoms with Crippen molar-refractivity contribution in [1.82, 2.24) is 4.90 Å². The second-order valence-corrected chi connectivity index (χ2v) is 5.29. The van der Waals surface area contributed by atoms with Crippen molar-refractivity contribution in [3.63, 3.8) is 0 Å². The van der Waals surface area contributed by atoms with Gasteiger partial charge in [-0.25, -0.2) is 0 Å². The van der Waals surface area contributed by atoms with Crippen molar-refractivity contribution in [3.8, 4) is 0 Å². The average Bonchev–Trinajstić information content (AvgIpc) is 2.47. The molecule has 0 aromatic heterocycles. The van der Waals surface area contributed by atoms with Gasteiger partial charge in [-0.2, -0.15) is 0 Å². The van der Waals surface area contributed by atoms with Crippen LogP contribution in [0.1, 0.15) is 31.0 Å². The zero-order valence-corrected chi connectivity index (χ0v) is 13.1. The first kappa shape index (κ1) is 17.0. The normalized spacial score (nSPS) is 11.9. The van der Waals surface area contributed by atoms with Crippen LogP contribution in [0, 0.1) is 12.8 Å². The molecular formula is C17H23NO3. The second kappa shape index (κ2) is 7.62. The molecule has 1 aromatic rings. The number of ether oxygens (including phenoxy) is 1. The summed E-state index contributed by atoms with van der Waals surface area (Å²) in [6.07, 6.45) is 1.67. The van der Waals surface area contributed by atoms with Crippen molar-refractivity contribution in [2.75, 3.05) is 13.7 Å². The third kappa shape index (κ3) is 4.45. The number of carbonyl (C=O) groups excluding carboxylic acids is 2. The third-order valence-corrected chi connectivity index (χ3v) is 3.28. The van der Waals surface area contributed by atoms with Crippen LogP contribution in [0.15, 0.2) is 36.9 Å². The van der Waals surface area contributed by atoms with Crippen LogP contribution in [0.4, 0.5) is 0 Å². The highest BCUT2D eigenvalue weighted by Gasteiger charge is 2.27. The predicted octanol–water partition coefficient (Wildman–Crippen LogP) is 2.88. The van der Waals surface area contributed by atoms with Gasteiger partial charge in [0.05, 0.1) is 13.2 Å². The number of carbonyl (C=O) groups is 2. The number of rotatable bonds is 6. The van der Waals surface area contributed by atoms with Crippen LogP contribution in [-0.4, -0.2) is 30.4 Å². The van der Waals surface area contributed by atoms with Crippen molar-refractivity contribution >= 4 is 11.9 Å². The molecule has 0 spiro atoms. The van der Waals surface area contributed by atoms with Crippen molar-refractivity contribution < 1.29 is 14.3 Å². The van der Waals surface area contributed by atoms with Gasteiger partial charge in [-0.1, -0.05) is 49.8 Å². The maximum atomic E-state index is 12.4. The molecule has 0 fully saturated rings. The van der Waals surface area contributed by atoms with E-state index in [1.54, 1.807) is 6.08 Å². The molecule has 1 amide bonds. The molecule has 0 aliphatic heterocycles. The fourth-order valence-corrected chi connectivity index (χ4v) is 2.06. The molecule has 0 aliphatic carbocycles. The molecule has 0 saturated heterocycles. The Morgan fingerprint density at radius 1 is 1.29 bits per heavy atom. The predicted molar refractivity (Wildman–Crippen MR) is 82.7 cm³/mol. The molecule has 4 heteroatoms. The Morgan fingerprint density at radius 3 is 2.29 bits per heavy atom. The summed E-state index contributed by atoms with van der Waals surface area (Å²) in [5, 5.41) is 0. The number of esters is 1. The summed E-state index contributed by atoms with van der Waals surface area (Å²) in [6.45, 7) is 9.34. The van der Waals surface area contributed by atoms with Gasteiger partial charge in [0.2, 0.25) is 5.91 Å². The van der Waals surface area contributed by atoms with Gasteiger partial charge in [0, 0.05) is 5.92 Å². The zero-order chi connectivity index (χ0) is 16.0. The smallest absolute Gasteiger partial charge is 0.325 e. The molecule has 0 saturated carbocycles. The quantitative estimate of drug-likeness (QED) is 0.597. The molecule has 0 aliphatic rings. The Balaban J connectivity index is 3.13. The average molecular weight is 289 g/mol. The summed E-state index contributed by atoms with van der Waals surface area (Å²) in [5.74, 6) is -0.753. The first-order chi connectivity index (χ1) is 9.90. The van der Waals surface area contributed by atoms with Crippen molar-refractivity contribution in [1.29, 1.82) is 0 Å². The Labute approximate surface area is 126 Å². The molecule has 0 N–H and O–H groups in total. The van der Waals surface area contributed by atoms with Crippen LogP contribution < -0.4 is 0 Å². The maximum Gasteiger partial charge on any atom is 0.325 e. The number of hydrogen-bond donors (Lipinski definition) is 0. The van der Waals surface area contributed by atoms with Crippen LogP contribution in [0.5, 0.6) is 0 Å². The van der Waals surface area contributed by atoms with E-state index in [0.717, 1.165) is 11.1 Å². The van der Waals surface area contributed by atoms with E-state index in [-0.39, 0.29) is 24.4 Å². The molecule has 1 rings (SSSR count).